The van der Waals surface area contributed by atoms with E-state index in [1.807, 2.05) is 24.3 Å². The molecule has 0 saturated carbocycles. The van der Waals surface area contributed by atoms with Crippen molar-refractivity contribution in [2.75, 3.05) is 45.9 Å². The number of nitrogens with one attached hydrogen (secondary N) is 1. The zero-order valence-electron chi connectivity index (χ0n) is 22.5. The molecule has 0 aliphatic carbocycles. The summed E-state index contributed by atoms with van der Waals surface area (Å²) in [6.07, 6.45) is 4.35. The summed E-state index contributed by atoms with van der Waals surface area (Å²) in [4.78, 5) is 27.6. The zero-order chi connectivity index (χ0) is 27.8. The normalized spacial score (nSPS) is 18.5. The molecule has 0 amide bonds. The van der Waals surface area contributed by atoms with Crippen LogP contribution < -0.4 is 5.32 Å². The molecule has 2 aliphatic rings. The van der Waals surface area contributed by atoms with Crippen LogP contribution in [0.2, 0.25) is 5.02 Å². The van der Waals surface area contributed by atoms with Gasteiger partial charge in [0.25, 0.3) is 0 Å². The Morgan fingerprint density at radius 3 is 2.44 bits per heavy atom. The van der Waals surface area contributed by atoms with Gasteiger partial charge >= 0.3 is 5.97 Å². The third kappa shape index (κ3) is 7.46. The first kappa shape index (κ1) is 29.7. The molecular formula is C29H38ClN3O5S. The van der Waals surface area contributed by atoms with E-state index in [9.17, 15) is 18.0 Å². The minimum atomic E-state index is -3.78. The van der Waals surface area contributed by atoms with Crippen LogP contribution in [-0.2, 0) is 19.6 Å². The molecule has 0 bridgehead atoms. The number of sulfonamides is 1. The van der Waals surface area contributed by atoms with Gasteiger partial charge in [-0.15, -0.1) is 0 Å². The zero-order valence-corrected chi connectivity index (χ0v) is 24.1. The van der Waals surface area contributed by atoms with Crippen LogP contribution >= 0.6 is 11.6 Å². The maximum absolute atomic E-state index is 13.3. The van der Waals surface area contributed by atoms with Gasteiger partial charge in [-0.1, -0.05) is 48.4 Å². The quantitative estimate of drug-likeness (QED) is 0.315. The molecule has 2 aromatic carbocycles. The van der Waals surface area contributed by atoms with Gasteiger partial charge in [-0.2, -0.15) is 4.31 Å². The highest BCUT2D eigenvalue weighted by Crippen LogP contribution is 2.29. The fourth-order valence-corrected chi connectivity index (χ4v) is 7.18. The lowest BCUT2D eigenvalue weighted by Crippen LogP contribution is -2.40. The van der Waals surface area contributed by atoms with E-state index in [1.165, 1.54) is 22.9 Å². The minimum absolute atomic E-state index is 0.0519. The van der Waals surface area contributed by atoms with Gasteiger partial charge in [-0.05, 0) is 69.5 Å². The van der Waals surface area contributed by atoms with Gasteiger partial charge in [0, 0.05) is 36.3 Å². The molecule has 0 spiro atoms. The van der Waals surface area contributed by atoms with Crippen molar-refractivity contribution in [3.8, 4) is 0 Å². The smallest absolute Gasteiger partial charge is 0.309 e. The van der Waals surface area contributed by atoms with Crippen molar-refractivity contribution in [3.05, 3.63) is 64.7 Å². The van der Waals surface area contributed by atoms with E-state index in [4.69, 9.17) is 16.3 Å². The van der Waals surface area contributed by atoms with E-state index in [1.54, 1.807) is 19.1 Å². The lowest BCUT2D eigenvalue weighted by atomic mass is 9.98. The maximum atomic E-state index is 13.3. The highest BCUT2D eigenvalue weighted by molar-refractivity contribution is 7.89. The predicted octanol–water partition coefficient (Wildman–Crippen LogP) is 4.30. The number of hydrogen-bond donors (Lipinski definition) is 1. The average molecular weight is 576 g/mol. The van der Waals surface area contributed by atoms with Crippen molar-refractivity contribution < 1.29 is 22.7 Å². The number of likely N-dealkylation sites (tertiary alicyclic amines) is 1. The second-order valence-corrected chi connectivity index (χ2v) is 12.5. The molecule has 8 nitrogen and oxygen atoms in total. The highest BCUT2D eigenvalue weighted by atomic mass is 35.5. The lowest BCUT2D eigenvalue weighted by Gasteiger charge is -2.35. The number of nitrogens with zero attached hydrogens (tertiary/aromatic N) is 2. The SMILES string of the molecule is CCOC(=O)C1CCN(S(=O)(=O)c2cccc(C(=O)CNCC(c3ccccc3Cl)N3CCCCC3)c2)CC1. The van der Waals surface area contributed by atoms with Gasteiger partial charge in [0.05, 0.1) is 24.0 Å². The number of hydrogen-bond acceptors (Lipinski definition) is 7. The first-order valence-electron chi connectivity index (χ1n) is 13.8. The highest BCUT2D eigenvalue weighted by Gasteiger charge is 2.33. The number of esters is 1. The van der Waals surface area contributed by atoms with Crippen molar-refractivity contribution in [1.29, 1.82) is 0 Å². The van der Waals surface area contributed by atoms with Gasteiger partial charge in [0.1, 0.15) is 0 Å². The summed E-state index contributed by atoms with van der Waals surface area (Å²) < 4.78 is 33.1. The molecule has 2 heterocycles. The molecule has 212 valence electrons. The molecule has 2 saturated heterocycles. The van der Waals surface area contributed by atoms with Gasteiger partial charge in [-0.3, -0.25) is 14.5 Å². The van der Waals surface area contributed by atoms with Crippen molar-refractivity contribution in [2.45, 2.75) is 50.0 Å². The topological polar surface area (TPSA) is 96.0 Å². The van der Waals surface area contributed by atoms with E-state index in [0.717, 1.165) is 31.5 Å². The second-order valence-electron chi connectivity index (χ2n) is 10.1. The van der Waals surface area contributed by atoms with Crippen molar-refractivity contribution in [2.24, 2.45) is 5.92 Å². The van der Waals surface area contributed by atoms with Crippen molar-refractivity contribution >= 4 is 33.4 Å². The van der Waals surface area contributed by atoms with Gasteiger partial charge < -0.3 is 10.1 Å². The fourth-order valence-electron chi connectivity index (χ4n) is 5.41. The summed E-state index contributed by atoms with van der Waals surface area (Å²) in [6.45, 7) is 5.17. The predicted molar refractivity (Wildman–Crippen MR) is 151 cm³/mol. The number of ether oxygens (including phenoxy) is 1. The van der Waals surface area contributed by atoms with Crippen LogP contribution in [0.5, 0.6) is 0 Å². The third-order valence-corrected chi connectivity index (χ3v) is 9.83. The molecule has 1 unspecified atom stereocenters. The van der Waals surface area contributed by atoms with Crippen LogP contribution in [0.3, 0.4) is 0 Å². The van der Waals surface area contributed by atoms with Gasteiger partial charge in [0.15, 0.2) is 5.78 Å². The van der Waals surface area contributed by atoms with Crippen LogP contribution in [0.25, 0.3) is 0 Å². The van der Waals surface area contributed by atoms with Crippen LogP contribution in [0.1, 0.15) is 61.0 Å². The molecule has 39 heavy (non-hydrogen) atoms. The first-order chi connectivity index (χ1) is 18.8. The number of rotatable bonds is 11. The average Bonchev–Trinajstić information content (AvgIpc) is 2.96. The number of carbonyl (C=O) groups excluding carboxylic acids is 2. The fraction of sp³-hybridized carbons (Fsp3) is 0.517. The Kier molecular flexibility index (Phi) is 10.5. The van der Waals surface area contributed by atoms with Crippen molar-refractivity contribution in [3.63, 3.8) is 0 Å². The molecule has 2 fully saturated rings. The summed E-state index contributed by atoms with van der Waals surface area (Å²) in [7, 11) is -3.78. The number of halogens is 1. The van der Waals surface area contributed by atoms with E-state index in [0.29, 0.717) is 36.6 Å². The molecular weight excluding hydrogens is 538 g/mol. The standard InChI is InChI=1S/C29H38ClN3O5S/c1-2-38-29(35)22-13-17-33(18-14-22)39(36,37)24-10-8-9-23(19-24)28(34)21-31-20-27(32-15-6-3-7-16-32)25-11-4-5-12-26(25)30/h4-5,8-12,19,22,27,31H,2-3,6-7,13-18,20-21H2,1H3. The van der Waals surface area contributed by atoms with E-state index >= 15 is 0 Å². The number of piperidine rings is 2. The van der Waals surface area contributed by atoms with E-state index in [2.05, 4.69) is 10.2 Å². The summed E-state index contributed by atoms with van der Waals surface area (Å²) in [6, 6.07) is 14.1. The molecule has 0 radical (unpaired) electrons. The number of carbonyl (C=O) groups is 2. The molecule has 2 aliphatic heterocycles. The van der Waals surface area contributed by atoms with Crippen LogP contribution in [0.15, 0.2) is 53.4 Å². The van der Waals surface area contributed by atoms with Crippen LogP contribution in [0, 0.1) is 5.92 Å². The summed E-state index contributed by atoms with van der Waals surface area (Å²) >= 11 is 6.53. The van der Waals surface area contributed by atoms with Crippen molar-refractivity contribution in [1.82, 2.24) is 14.5 Å². The molecule has 10 heteroatoms. The number of ketones is 1. The monoisotopic (exact) mass is 575 g/mol. The van der Waals surface area contributed by atoms with Gasteiger partial charge in [-0.25, -0.2) is 8.42 Å². The molecule has 0 aromatic heterocycles. The number of Topliss-reactive ketones (excluding diaryl/α,β-unsaturated/α-hetero) is 1. The molecule has 1 N–H and O–H groups in total. The Labute approximate surface area is 236 Å². The Bertz CT molecular complexity index is 1240. The van der Waals surface area contributed by atoms with Gasteiger partial charge in [0.2, 0.25) is 10.0 Å². The van der Waals surface area contributed by atoms with E-state index < -0.39 is 10.0 Å². The van der Waals surface area contributed by atoms with Crippen LogP contribution in [-0.4, -0.2) is 75.3 Å². The largest absolute Gasteiger partial charge is 0.466 e. The summed E-state index contributed by atoms with van der Waals surface area (Å²) in [5.41, 5.74) is 1.39. The summed E-state index contributed by atoms with van der Waals surface area (Å²) in [5.74, 6) is -0.730. The molecule has 2 aromatic rings. The lowest BCUT2D eigenvalue weighted by molar-refractivity contribution is -0.149. The Morgan fingerprint density at radius 2 is 1.74 bits per heavy atom. The second kappa shape index (κ2) is 13.9. The third-order valence-electron chi connectivity index (χ3n) is 7.59. The first-order valence-corrected chi connectivity index (χ1v) is 15.6. The van der Waals surface area contributed by atoms with E-state index in [-0.39, 0.29) is 48.2 Å². The van der Waals surface area contributed by atoms with Crippen LogP contribution in [0.4, 0.5) is 0 Å². The Hall–Kier alpha value is -2.30. The Balaban J connectivity index is 1.38. The molecule has 4 rings (SSSR count). The summed E-state index contributed by atoms with van der Waals surface area (Å²) in [5, 5.41) is 4.01. The molecule has 1 atom stereocenters. The number of benzene rings is 2. The minimum Gasteiger partial charge on any atom is -0.466 e. The maximum Gasteiger partial charge on any atom is 0.309 e. The Morgan fingerprint density at radius 1 is 1.03 bits per heavy atom.